The third-order valence-corrected chi connectivity index (χ3v) is 5.03. The monoisotopic (exact) mass is 329 g/mol. The van der Waals surface area contributed by atoms with Gasteiger partial charge in [-0.2, -0.15) is 0 Å². The molecular weight excluding hydrogens is 313 g/mol. The summed E-state index contributed by atoms with van der Waals surface area (Å²) in [5.74, 6) is -0.397. The van der Waals surface area contributed by atoms with Gasteiger partial charge < -0.3 is 15.6 Å². The molecule has 2 aliphatic rings. The molecule has 0 aromatic heterocycles. The lowest BCUT2D eigenvalue weighted by Crippen LogP contribution is -2.44. The van der Waals surface area contributed by atoms with Crippen LogP contribution < -0.4 is 5.73 Å². The van der Waals surface area contributed by atoms with Crippen molar-refractivity contribution in [2.45, 2.75) is 37.6 Å². The fourth-order valence-electron chi connectivity index (χ4n) is 3.48. The lowest BCUT2D eigenvalue weighted by atomic mass is 9.68. The number of hydrogen-bond donors (Lipinski definition) is 2. The second-order valence-electron chi connectivity index (χ2n) is 5.53. The number of aliphatic hydroxyl groups is 1. The number of rotatable bonds is 3. The number of fused-ring (bicyclic) bond motifs is 2. The molecule has 0 aliphatic carbocycles. The first-order valence-electron chi connectivity index (χ1n) is 6.55. The van der Waals surface area contributed by atoms with Crippen LogP contribution in [-0.4, -0.2) is 23.9 Å². The Kier molecular flexibility index (Phi) is 3.41. The number of nitrogens with two attached hydrogens (primary N) is 1. The van der Waals surface area contributed by atoms with Crippen molar-refractivity contribution in [3.05, 3.63) is 34.1 Å². The zero-order valence-electron chi connectivity index (χ0n) is 10.5. The Hall–Kier alpha value is -0.490. The van der Waals surface area contributed by atoms with E-state index in [2.05, 4.69) is 15.9 Å². The molecule has 3 rings (SSSR count). The number of ether oxygens (including phenoxy) is 1. The molecule has 0 spiro atoms. The zero-order valence-corrected chi connectivity index (χ0v) is 12.1. The van der Waals surface area contributed by atoms with Gasteiger partial charge in [0.1, 0.15) is 5.82 Å². The normalized spacial score (nSPS) is 34.7. The van der Waals surface area contributed by atoms with Gasteiger partial charge in [0.05, 0.1) is 18.3 Å². The molecule has 3 N–H and O–H groups in total. The van der Waals surface area contributed by atoms with Crippen LogP contribution in [0.15, 0.2) is 22.7 Å². The van der Waals surface area contributed by atoms with Crippen LogP contribution in [0.4, 0.5) is 4.39 Å². The SMILES string of the molecule is NCC1(C(O)c2cc(Br)ccc2F)CC2CCC1O2. The summed E-state index contributed by atoms with van der Waals surface area (Å²) >= 11 is 3.31. The van der Waals surface area contributed by atoms with Gasteiger partial charge in [0, 0.05) is 22.0 Å². The molecule has 2 fully saturated rings. The number of hydrogen-bond acceptors (Lipinski definition) is 3. The standard InChI is InChI=1S/C14H17BrFNO2/c15-8-1-3-11(16)10(5-8)13(18)14(7-17)6-9-2-4-12(14)19-9/h1,3,5,9,12-13,18H,2,4,6-7,17H2. The second-order valence-corrected chi connectivity index (χ2v) is 6.45. The molecule has 0 amide bonds. The Balaban J connectivity index is 1.98. The minimum atomic E-state index is -0.926. The van der Waals surface area contributed by atoms with E-state index in [-0.39, 0.29) is 12.2 Å². The maximum atomic E-state index is 14.0. The van der Waals surface area contributed by atoms with Crippen LogP contribution in [0.1, 0.15) is 30.9 Å². The van der Waals surface area contributed by atoms with Crippen LogP contribution in [0.25, 0.3) is 0 Å². The molecule has 19 heavy (non-hydrogen) atoms. The van der Waals surface area contributed by atoms with E-state index >= 15 is 0 Å². The lowest BCUT2D eigenvalue weighted by Gasteiger charge is -2.38. The number of aliphatic hydroxyl groups excluding tert-OH is 1. The van der Waals surface area contributed by atoms with Gasteiger partial charge in [-0.1, -0.05) is 15.9 Å². The molecule has 0 saturated carbocycles. The Bertz CT molecular complexity index is 498. The Labute approximate surface area is 120 Å². The summed E-state index contributed by atoms with van der Waals surface area (Å²) < 4.78 is 20.5. The van der Waals surface area contributed by atoms with E-state index in [1.54, 1.807) is 12.1 Å². The molecule has 2 heterocycles. The van der Waals surface area contributed by atoms with Gasteiger partial charge in [0.25, 0.3) is 0 Å². The van der Waals surface area contributed by atoms with Crippen molar-refractivity contribution < 1.29 is 14.2 Å². The van der Waals surface area contributed by atoms with Gasteiger partial charge in [-0.25, -0.2) is 4.39 Å². The molecule has 104 valence electrons. The molecule has 1 aromatic rings. The smallest absolute Gasteiger partial charge is 0.129 e. The Morgan fingerprint density at radius 3 is 2.89 bits per heavy atom. The van der Waals surface area contributed by atoms with E-state index in [1.807, 2.05) is 0 Å². The first-order chi connectivity index (χ1) is 9.06. The van der Waals surface area contributed by atoms with Crippen molar-refractivity contribution in [3.63, 3.8) is 0 Å². The fourth-order valence-corrected chi connectivity index (χ4v) is 3.86. The number of benzene rings is 1. The summed E-state index contributed by atoms with van der Waals surface area (Å²) in [6.07, 6.45) is 1.80. The van der Waals surface area contributed by atoms with Crippen molar-refractivity contribution >= 4 is 15.9 Å². The summed E-state index contributed by atoms with van der Waals surface area (Å²) in [6, 6.07) is 4.61. The molecule has 4 unspecified atom stereocenters. The van der Waals surface area contributed by atoms with Crippen LogP contribution in [0.5, 0.6) is 0 Å². The van der Waals surface area contributed by atoms with Gasteiger partial charge in [-0.3, -0.25) is 0 Å². The van der Waals surface area contributed by atoms with Crippen LogP contribution in [-0.2, 0) is 4.74 Å². The van der Waals surface area contributed by atoms with E-state index in [9.17, 15) is 9.50 Å². The van der Waals surface area contributed by atoms with Crippen LogP contribution >= 0.6 is 15.9 Å². The molecule has 0 radical (unpaired) electrons. The topological polar surface area (TPSA) is 55.5 Å². The van der Waals surface area contributed by atoms with Gasteiger partial charge >= 0.3 is 0 Å². The quantitative estimate of drug-likeness (QED) is 0.895. The zero-order chi connectivity index (χ0) is 13.6. The molecule has 4 atom stereocenters. The van der Waals surface area contributed by atoms with Gasteiger partial charge in [0.2, 0.25) is 0 Å². The molecule has 5 heteroatoms. The van der Waals surface area contributed by atoms with E-state index < -0.39 is 17.3 Å². The highest BCUT2D eigenvalue weighted by atomic mass is 79.9. The average Bonchev–Trinajstić information content (AvgIpc) is 3.01. The molecule has 2 saturated heterocycles. The van der Waals surface area contributed by atoms with Crippen molar-refractivity contribution in [1.29, 1.82) is 0 Å². The third kappa shape index (κ3) is 2.03. The molecule has 1 aromatic carbocycles. The minimum Gasteiger partial charge on any atom is -0.388 e. The van der Waals surface area contributed by atoms with E-state index in [1.165, 1.54) is 6.07 Å². The molecular formula is C14H17BrFNO2. The summed E-state index contributed by atoms with van der Waals surface area (Å²) in [4.78, 5) is 0. The fraction of sp³-hybridized carbons (Fsp3) is 0.571. The van der Waals surface area contributed by atoms with Gasteiger partial charge in [-0.05, 0) is 37.5 Å². The maximum Gasteiger partial charge on any atom is 0.129 e. The summed E-state index contributed by atoms with van der Waals surface area (Å²) in [5, 5.41) is 10.7. The lowest BCUT2D eigenvalue weighted by molar-refractivity contribution is -0.0280. The maximum absolute atomic E-state index is 14.0. The largest absolute Gasteiger partial charge is 0.388 e. The predicted octanol–water partition coefficient (Wildman–Crippen LogP) is 2.52. The van der Waals surface area contributed by atoms with Gasteiger partial charge in [-0.15, -0.1) is 0 Å². The van der Waals surface area contributed by atoms with Crippen molar-refractivity contribution in [2.75, 3.05) is 6.54 Å². The molecule has 2 aliphatic heterocycles. The van der Waals surface area contributed by atoms with Crippen molar-refractivity contribution in [1.82, 2.24) is 0 Å². The van der Waals surface area contributed by atoms with Crippen LogP contribution in [0.2, 0.25) is 0 Å². The molecule has 3 nitrogen and oxygen atoms in total. The predicted molar refractivity (Wildman–Crippen MR) is 73.1 cm³/mol. The minimum absolute atomic E-state index is 0.0594. The summed E-state index contributed by atoms with van der Waals surface area (Å²) in [7, 11) is 0. The van der Waals surface area contributed by atoms with Crippen molar-refractivity contribution in [2.24, 2.45) is 11.1 Å². The van der Waals surface area contributed by atoms with E-state index in [0.29, 0.717) is 18.5 Å². The second kappa shape index (κ2) is 4.81. The average molecular weight is 330 g/mol. The van der Waals surface area contributed by atoms with Crippen molar-refractivity contribution in [3.8, 4) is 0 Å². The summed E-state index contributed by atoms with van der Waals surface area (Å²) in [5.41, 5.74) is 5.66. The summed E-state index contributed by atoms with van der Waals surface area (Å²) in [6.45, 7) is 0.307. The van der Waals surface area contributed by atoms with Crippen LogP contribution in [0.3, 0.4) is 0 Å². The highest BCUT2D eigenvalue weighted by Crippen LogP contribution is 2.54. The highest BCUT2D eigenvalue weighted by Gasteiger charge is 2.56. The first kappa shape index (κ1) is 13.5. The number of halogens is 2. The van der Waals surface area contributed by atoms with Gasteiger partial charge in [0.15, 0.2) is 0 Å². The molecule has 2 bridgehead atoms. The van der Waals surface area contributed by atoms with E-state index in [4.69, 9.17) is 10.5 Å². The first-order valence-corrected chi connectivity index (χ1v) is 7.34. The Morgan fingerprint density at radius 1 is 1.53 bits per heavy atom. The van der Waals surface area contributed by atoms with Crippen LogP contribution in [0, 0.1) is 11.2 Å². The third-order valence-electron chi connectivity index (χ3n) is 4.53. The Morgan fingerprint density at radius 2 is 2.32 bits per heavy atom. The highest BCUT2D eigenvalue weighted by molar-refractivity contribution is 9.10. The van der Waals surface area contributed by atoms with E-state index in [0.717, 1.165) is 17.3 Å².